The standard InChI is InChI=1S/C21H29N5O2/c1-14(2)20(27)25-10-6-16(7-11-25)19-17(18-12-15(3)24-28-18)13-22-21(23-19)26-8-4-5-9-26/h12-14,16H,4-11H2,1-3H3. The number of aryl methyl sites for hydroxylation is 1. The van der Waals surface area contributed by atoms with Crippen molar-refractivity contribution >= 4 is 11.9 Å². The number of likely N-dealkylation sites (tertiary alicyclic amines) is 1. The van der Waals surface area contributed by atoms with Crippen molar-refractivity contribution in [2.24, 2.45) is 5.92 Å². The van der Waals surface area contributed by atoms with Crippen molar-refractivity contribution in [1.29, 1.82) is 0 Å². The number of amides is 1. The lowest BCUT2D eigenvalue weighted by Gasteiger charge is -2.33. The van der Waals surface area contributed by atoms with Crippen molar-refractivity contribution in [2.75, 3.05) is 31.1 Å². The van der Waals surface area contributed by atoms with E-state index in [9.17, 15) is 4.79 Å². The zero-order chi connectivity index (χ0) is 19.7. The van der Waals surface area contributed by atoms with E-state index in [4.69, 9.17) is 9.51 Å². The molecule has 28 heavy (non-hydrogen) atoms. The Balaban J connectivity index is 1.62. The first kappa shape index (κ1) is 18.9. The molecule has 2 fully saturated rings. The Labute approximate surface area is 166 Å². The number of nitrogens with zero attached hydrogens (tertiary/aromatic N) is 5. The van der Waals surface area contributed by atoms with Crippen LogP contribution in [-0.4, -0.2) is 52.1 Å². The Kier molecular flexibility index (Phi) is 5.33. The van der Waals surface area contributed by atoms with E-state index in [0.29, 0.717) is 5.92 Å². The van der Waals surface area contributed by atoms with E-state index < -0.39 is 0 Å². The van der Waals surface area contributed by atoms with Gasteiger partial charge in [-0.3, -0.25) is 4.79 Å². The summed E-state index contributed by atoms with van der Waals surface area (Å²) in [5.74, 6) is 2.12. The number of carbonyl (C=O) groups is 1. The van der Waals surface area contributed by atoms with Crippen molar-refractivity contribution < 1.29 is 9.32 Å². The molecule has 4 heterocycles. The van der Waals surface area contributed by atoms with Crippen LogP contribution in [0, 0.1) is 12.8 Å². The van der Waals surface area contributed by atoms with Gasteiger partial charge in [0.1, 0.15) is 0 Å². The van der Waals surface area contributed by atoms with Crippen molar-refractivity contribution in [3.63, 3.8) is 0 Å². The molecule has 4 rings (SSSR count). The number of piperidine rings is 1. The zero-order valence-electron chi connectivity index (χ0n) is 17.0. The molecule has 7 nitrogen and oxygen atoms in total. The lowest BCUT2D eigenvalue weighted by atomic mass is 9.89. The quantitative estimate of drug-likeness (QED) is 0.805. The molecule has 2 aromatic heterocycles. The third-order valence-electron chi connectivity index (χ3n) is 5.78. The summed E-state index contributed by atoms with van der Waals surface area (Å²) in [6, 6.07) is 1.94. The van der Waals surface area contributed by atoms with Gasteiger partial charge in [-0.05, 0) is 32.6 Å². The van der Waals surface area contributed by atoms with Gasteiger partial charge in [-0.1, -0.05) is 19.0 Å². The lowest BCUT2D eigenvalue weighted by Crippen LogP contribution is -2.40. The van der Waals surface area contributed by atoms with Gasteiger partial charge in [0.25, 0.3) is 0 Å². The summed E-state index contributed by atoms with van der Waals surface area (Å²) in [6.45, 7) is 9.43. The van der Waals surface area contributed by atoms with E-state index >= 15 is 0 Å². The normalized spacial score (nSPS) is 18.3. The zero-order valence-corrected chi connectivity index (χ0v) is 17.0. The first-order valence-corrected chi connectivity index (χ1v) is 10.4. The minimum absolute atomic E-state index is 0.0464. The van der Waals surface area contributed by atoms with Crippen LogP contribution in [-0.2, 0) is 4.79 Å². The van der Waals surface area contributed by atoms with E-state index in [2.05, 4.69) is 15.0 Å². The number of aromatic nitrogens is 3. The maximum Gasteiger partial charge on any atom is 0.225 e. The fraction of sp³-hybridized carbons (Fsp3) is 0.619. The number of hydrogen-bond donors (Lipinski definition) is 0. The Hall–Kier alpha value is -2.44. The average molecular weight is 383 g/mol. The van der Waals surface area contributed by atoms with Crippen molar-refractivity contribution in [3.05, 3.63) is 23.7 Å². The molecule has 0 unspecified atom stereocenters. The number of carbonyl (C=O) groups excluding carboxylic acids is 1. The second-order valence-electron chi connectivity index (χ2n) is 8.25. The van der Waals surface area contributed by atoms with E-state index in [-0.39, 0.29) is 11.8 Å². The highest BCUT2D eigenvalue weighted by atomic mass is 16.5. The van der Waals surface area contributed by atoms with Gasteiger partial charge in [-0.15, -0.1) is 0 Å². The number of rotatable bonds is 4. The van der Waals surface area contributed by atoms with Crippen LogP contribution < -0.4 is 4.90 Å². The molecule has 0 N–H and O–H groups in total. The molecule has 150 valence electrons. The lowest BCUT2D eigenvalue weighted by molar-refractivity contribution is -0.135. The number of anilines is 1. The monoisotopic (exact) mass is 383 g/mol. The molecular weight excluding hydrogens is 354 g/mol. The third kappa shape index (κ3) is 3.75. The molecule has 0 atom stereocenters. The maximum absolute atomic E-state index is 12.3. The van der Waals surface area contributed by atoms with Gasteiger partial charge < -0.3 is 14.3 Å². The molecule has 0 radical (unpaired) electrons. The summed E-state index contributed by atoms with van der Waals surface area (Å²) >= 11 is 0. The molecule has 0 aliphatic carbocycles. The smallest absolute Gasteiger partial charge is 0.225 e. The van der Waals surface area contributed by atoms with Crippen molar-refractivity contribution in [1.82, 2.24) is 20.0 Å². The van der Waals surface area contributed by atoms with Crippen molar-refractivity contribution in [3.8, 4) is 11.3 Å². The molecule has 0 aromatic carbocycles. The van der Waals surface area contributed by atoms with Gasteiger partial charge in [-0.2, -0.15) is 0 Å². The Morgan fingerprint density at radius 1 is 1.18 bits per heavy atom. The third-order valence-corrected chi connectivity index (χ3v) is 5.78. The van der Waals surface area contributed by atoms with E-state index in [1.54, 1.807) is 0 Å². The Morgan fingerprint density at radius 3 is 2.50 bits per heavy atom. The minimum atomic E-state index is 0.0464. The van der Waals surface area contributed by atoms with Gasteiger partial charge >= 0.3 is 0 Å². The highest BCUT2D eigenvalue weighted by molar-refractivity contribution is 5.78. The summed E-state index contributed by atoms with van der Waals surface area (Å²) in [6.07, 6.45) is 6.10. The van der Waals surface area contributed by atoms with Crippen LogP contribution in [0.1, 0.15) is 56.8 Å². The summed E-state index contributed by atoms with van der Waals surface area (Å²) in [5, 5.41) is 4.04. The minimum Gasteiger partial charge on any atom is -0.356 e. The first-order valence-electron chi connectivity index (χ1n) is 10.4. The molecule has 2 aromatic rings. The summed E-state index contributed by atoms with van der Waals surface area (Å²) in [4.78, 5) is 26.2. The van der Waals surface area contributed by atoms with Crippen LogP contribution in [0.3, 0.4) is 0 Å². The second kappa shape index (κ2) is 7.89. The highest BCUT2D eigenvalue weighted by Crippen LogP contribution is 2.35. The van der Waals surface area contributed by atoms with Crippen LogP contribution in [0.2, 0.25) is 0 Å². The number of hydrogen-bond acceptors (Lipinski definition) is 6. The molecular formula is C21H29N5O2. The molecule has 1 amide bonds. The average Bonchev–Trinajstić information content (AvgIpc) is 3.39. The van der Waals surface area contributed by atoms with Crippen LogP contribution in [0.5, 0.6) is 0 Å². The van der Waals surface area contributed by atoms with Crippen LogP contribution in [0.25, 0.3) is 11.3 Å². The van der Waals surface area contributed by atoms with Crippen LogP contribution in [0.4, 0.5) is 5.95 Å². The summed E-state index contributed by atoms with van der Waals surface area (Å²) in [5.41, 5.74) is 2.81. The molecule has 2 saturated heterocycles. The molecule has 7 heteroatoms. The first-order chi connectivity index (χ1) is 13.5. The van der Waals surface area contributed by atoms with E-state index in [0.717, 1.165) is 67.7 Å². The van der Waals surface area contributed by atoms with Gasteiger partial charge in [-0.25, -0.2) is 9.97 Å². The van der Waals surface area contributed by atoms with Gasteiger partial charge in [0, 0.05) is 50.3 Å². The van der Waals surface area contributed by atoms with E-state index in [1.807, 2.05) is 37.9 Å². The van der Waals surface area contributed by atoms with Crippen molar-refractivity contribution in [2.45, 2.75) is 52.4 Å². The molecule has 2 aliphatic rings. The van der Waals surface area contributed by atoms with Gasteiger partial charge in [0.2, 0.25) is 11.9 Å². The fourth-order valence-corrected chi connectivity index (χ4v) is 4.18. The molecule has 0 saturated carbocycles. The SMILES string of the molecule is Cc1cc(-c2cnc(N3CCCC3)nc2C2CCN(C(=O)C(C)C)CC2)on1. The fourth-order valence-electron chi connectivity index (χ4n) is 4.18. The van der Waals surface area contributed by atoms with Gasteiger partial charge in [0.05, 0.1) is 17.0 Å². The largest absolute Gasteiger partial charge is 0.356 e. The second-order valence-corrected chi connectivity index (χ2v) is 8.25. The molecule has 2 aliphatic heterocycles. The predicted molar refractivity (Wildman–Crippen MR) is 107 cm³/mol. The maximum atomic E-state index is 12.3. The van der Waals surface area contributed by atoms with Crippen LogP contribution in [0.15, 0.2) is 16.8 Å². The Morgan fingerprint density at radius 2 is 1.89 bits per heavy atom. The highest BCUT2D eigenvalue weighted by Gasteiger charge is 2.29. The Bertz CT molecular complexity index is 833. The van der Waals surface area contributed by atoms with Crippen LogP contribution >= 0.6 is 0 Å². The van der Waals surface area contributed by atoms with E-state index in [1.165, 1.54) is 12.8 Å². The predicted octanol–water partition coefficient (Wildman–Crippen LogP) is 3.40. The van der Waals surface area contributed by atoms with Gasteiger partial charge in [0.15, 0.2) is 5.76 Å². The summed E-state index contributed by atoms with van der Waals surface area (Å²) in [7, 11) is 0. The topological polar surface area (TPSA) is 75.4 Å². The molecule has 0 bridgehead atoms. The molecule has 0 spiro atoms. The summed E-state index contributed by atoms with van der Waals surface area (Å²) < 4.78 is 5.53.